The first-order chi connectivity index (χ1) is 20.1. The lowest BCUT2D eigenvalue weighted by atomic mass is 9.95. The van der Waals surface area contributed by atoms with Gasteiger partial charge in [-0.3, -0.25) is 13.9 Å². The van der Waals surface area contributed by atoms with E-state index in [4.69, 9.17) is 11.6 Å². The Kier molecular flexibility index (Phi) is 10.7. The Morgan fingerprint density at radius 1 is 0.881 bits per heavy atom. The highest BCUT2D eigenvalue weighted by molar-refractivity contribution is 7.92. The lowest BCUT2D eigenvalue weighted by Gasteiger charge is -2.34. The molecule has 0 saturated heterocycles. The predicted molar refractivity (Wildman–Crippen MR) is 168 cm³/mol. The number of rotatable bonds is 11. The number of hydrogen-bond donors (Lipinski definition) is 1. The number of amides is 2. The summed E-state index contributed by atoms with van der Waals surface area (Å²) in [5.41, 5.74) is 3.17. The van der Waals surface area contributed by atoms with Gasteiger partial charge in [0.05, 0.1) is 10.6 Å². The number of carbonyl (C=O) groups excluding carboxylic acids is 2. The first kappa shape index (κ1) is 31.6. The van der Waals surface area contributed by atoms with Crippen LogP contribution in [0.5, 0.6) is 0 Å². The van der Waals surface area contributed by atoms with E-state index in [9.17, 15) is 18.0 Å². The zero-order valence-electron chi connectivity index (χ0n) is 24.6. The summed E-state index contributed by atoms with van der Waals surface area (Å²) in [7, 11) is -4.12. The normalized spacial score (nSPS) is 14.7. The van der Waals surface area contributed by atoms with Crippen molar-refractivity contribution < 1.29 is 18.0 Å². The Morgan fingerprint density at radius 3 is 2.02 bits per heavy atom. The van der Waals surface area contributed by atoms with Crippen LogP contribution in [-0.4, -0.2) is 43.8 Å². The highest BCUT2D eigenvalue weighted by Gasteiger charge is 2.34. The lowest BCUT2D eigenvalue weighted by Crippen LogP contribution is -2.54. The summed E-state index contributed by atoms with van der Waals surface area (Å²) in [5.74, 6) is -0.670. The third kappa shape index (κ3) is 7.92. The fourth-order valence-corrected chi connectivity index (χ4v) is 6.87. The monoisotopic (exact) mass is 609 g/mol. The van der Waals surface area contributed by atoms with Crippen molar-refractivity contribution in [1.29, 1.82) is 0 Å². The van der Waals surface area contributed by atoms with Gasteiger partial charge in [-0.2, -0.15) is 0 Å². The van der Waals surface area contributed by atoms with E-state index in [1.54, 1.807) is 36.4 Å². The van der Waals surface area contributed by atoms with Crippen LogP contribution in [0.2, 0.25) is 5.02 Å². The average Bonchev–Trinajstić information content (AvgIpc) is 2.98. The fourth-order valence-electron chi connectivity index (χ4n) is 5.33. The van der Waals surface area contributed by atoms with E-state index in [0.29, 0.717) is 17.1 Å². The van der Waals surface area contributed by atoms with Crippen LogP contribution < -0.4 is 9.62 Å². The van der Waals surface area contributed by atoms with Crippen molar-refractivity contribution in [1.82, 2.24) is 10.2 Å². The van der Waals surface area contributed by atoms with E-state index in [1.165, 1.54) is 17.0 Å². The van der Waals surface area contributed by atoms with E-state index >= 15 is 0 Å². The van der Waals surface area contributed by atoms with Gasteiger partial charge in [-0.15, -0.1) is 0 Å². The third-order valence-electron chi connectivity index (χ3n) is 7.81. The number of anilines is 1. The van der Waals surface area contributed by atoms with Crippen LogP contribution in [0, 0.1) is 13.8 Å². The second-order valence-corrected chi connectivity index (χ2v) is 13.4. The molecule has 0 unspecified atom stereocenters. The van der Waals surface area contributed by atoms with Crippen molar-refractivity contribution in [2.75, 3.05) is 10.8 Å². The van der Waals surface area contributed by atoms with Crippen LogP contribution >= 0.6 is 11.6 Å². The molecular formula is C33H40ClN3O4S. The van der Waals surface area contributed by atoms with Crippen LogP contribution in [0.15, 0.2) is 77.7 Å². The molecule has 0 spiro atoms. The molecule has 2 amide bonds. The number of nitrogens with one attached hydrogen (secondary N) is 1. The van der Waals surface area contributed by atoms with Crippen molar-refractivity contribution in [3.05, 3.63) is 94.5 Å². The van der Waals surface area contributed by atoms with Crippen LogP contribution in [-0.2, 0) is 26.2 Å². The Balaban J connectivity index is 1.69. The molecule has 0 aromatic heterocycles. The molecule has 7 nitrogen and oxygen atoms in total. The molecule has 0 aliphatic heterocycles. The molecule has 1 fully saturated rings. The summed E-state index contributed by atoms with van der Waals surface area (Å²) < 4.78 is 29.0. The maximum absolute atomic E-state index is 14.2. The highest BCUT2D eigenvalue weighted by Crippen LogP contribution is 2.27. The number of sulfonamides is 1. The van der Waals surface area contributed by atoms with Gasteiger partial charge in [-0.1, -0.05) is 85.3 Å². The van der Waals surface area contributed by atoms with Crippen LogP contribution in [0.3, 0.4) is 0 Å². The number of aryl methyl sites for hydroxylation is 2. The quantitative estimate of drug-likeness (QED) is 0.272. The Morgan fingerprint density at radius 2 is 1.45 bits per heavy atom. The second-order valence-electron chi connectivity index (χ2n) is 11.1. The molecule has 3 aromatic rings. The van der Waals surface area contributed by atoms with Gasteiger partial charge in [0, 0.05) is 17.6 Å². The van der Waals surface area contributed by atoms with Gasteiger partial charge in [0.2, 0.25) is 11.8 Å². The molecule has 0 heterocycles. The lowest BCUT2D eigenvalue weighted by molar-refractivity contribution is -0.140. The largest absolute Gasteiger partial charge is 0.352 e. The maximum atomic E-state index is 14.2. The molecule has 224 valence electrons. The minimum atomic E-state index is -4.12. The van der Waals surface area contributed by atoms with Gasteiger partial charge in [0.25, 0.3) is 10.0 Å². The van der Waals surface area contributed by atoms with Gasteiger partial charge in [-0.05, 0) is 75.1 Å². The first-order valence-corrected chi connectivity index (χ1v) is 16.4. The molecule has 42 heavy (non-hydrogen) atoms. The minimum Gasteiger partial charge on any atom is -0.352 e. The Hall–Kier alpha value is -3.36. The molecule has 4 rings (SSSR count). The average molecular weight is 610 g/mol. The fraction of sp³-hybridized carbons (Fsp3) is 0.394. The van der Waals surface area contributed by atoms with Crippen molar-refractivity contribution in [2.24, 2.45) is 0 Å². The predicted octanol–water partition coefficient (Wildman–Crippen LogP) is 6.41. The number of carbonyl (C=O) groups is 2. The first-order valence-electron chi connectivity index (χ1n) is 14.6. The van der Waals surface area contributed by atoms with Gasteiger partial charge in [0.15, 0.2) is 0 Å². The maximum Gasteiger partial charge on any atom is 0.264 e. The number of benzene rings is 3. The molecule has 3 aromatic carbocycles. The molecule has 1 aliphatic rings. The second kappa shape index (κ2) is 14.2. The molecule has 0 radical (unpaired) electrons. The topological polar surface area (TPSA) is 86.8 Å². The molecule has 1 aliphatic carbocycles. The van der Waals surface area contributed by atoms with Crippen molar-refractivity contribution in [3.63, 3.8) is 0 Å². The number of halogens is 1. The summed E-state index contributed by atoms with van der Waals surface area (Å²) in [6, 6.07) is 20.0. The SMILES string of the molecule is CC[C@@H](C(=O)NC1CCCCC1)N(Cc1ccc(C)cc1)C(=O)CN(c1ccc(Cl)cc1)S(=O)(=O)c1ccc(C)cc1. The van der Waals surface area contributed by atoms with Crippen LogP contribution in [0.25, 0.3) is 0 Å². The molecule has 1 N–H and O–H groups in total. The van der Waals surface area contributed by atoms with E-state index in [2.05, 4.69) is 5.32 Å². The Bertz CT molecular complexity index is 1450. The smallest absolute Gasteiger partial charge is 0.264 e. The standard InChI is InChI=1S/C33H40ClN3O4S/c1-4-31(33(39)35-28-8-6-5-7-9-28)36(22-26-14-10-24(2)11-15-26)32(38)23-37(29-18-16-27(34)17-19-29)42(40,41)30-20-12-25(3)13-21-30/h10-21,28,31H,4-9,22-23H2,1-3H3,(H,35,39)/t31-/m0/s1. The van der Waals surface area contributed by atoms with Gasteiger partial charge < -0.3 is 10.2 Å². The summed E-state index contributed by atoms with van der Waals surface area (Å²) in [6.07, 6.45) is 5.54. The molecule has 9 heteroatoms. The molecular weight excluding hydrogens is 570 g/mol. The summed E-state index contributed by atoms with van der Waals surface area (Å²) in [4.78, 5) is 29.4. The van der Waals surface area contributed by atoms with Crippen molar-refractivity contribution in [2.45, 2.75) is 82.8 Å². The molecule has 1 atom stereocenters. The minimum absolute atomic E-state index is 0.0722. The van der Waals surface area contributed by atoms with Crippen molar-refractivity contribution >= 4 is 39.1 Å². The summed E-state index contributed by atoms with van der Waals surface area (Å²) >= 11 is 6.11. The van der Waals surface area contributed by atoms with Gasteiger partial charge in [0.1, 0.15) is 12.6 Å². The van der Waals surface area contributed by atoms with E-state index < -0.39 is 28.5 Å². The zero-order valence-corrected chi connectivity index (χ0v) is 26.1. The Labute approximate surface area is 254 Å². The molecule has 0 bridgehead atoms. The molecule has 1 saturated carbocycles. The van der Waals surface area contributed by atoms with Crippen LogP contribution in [0.4, 0.5) is 5.69 Å². The summed E-state index contributed by atoms with van der Waals surface area (Å²) in [5, 5.41) is 3.62. The summed E-state index contributed by atoms with van der Waals surface area (Å²) in [6.45, 7) is 5.44. The number of nitrogens with zero attached hydrogens (tertiary/aromatic N) is 2. The van der Waals surface area contributed by atoms with E-state index in [-0.39, 0.29) is 23.4 Å². The van der Waals surface area contributed by atoms with E-state index in [1.807, 2.05) is 45.0 Å². The van der Waals surface area contributed by atoms with Crippen LogP contribution in [0.1, 0.15) is 62.1 Å². The van der Waals surface area contributed by atoms with Gasteiger partial charge >= 0.3 is 0 Å². The van der Waals surface area contributed by atoms with Gasteiger partial charge in [-0.25, -0.2) is 8.42 Å². The zero-order chi connectivity index (χ0) is 30.3. The third-order valence-corrected chi connectivity index (χ3v) is 9.85. The number of hydrogen-bond acceptors (Lipinski definition) is 4. The van der Waals surface area contributed by atoms with E-state index in [0.717, 1.165) is 53.1 Å². The highest BCUT2D eigenvalue weighted by atomic mass is 35.5. The van der Waals surface area contributed by atoms with Crippen molar-refractivity contribution in [3.8, 4) is 0 Å².